The van der Waals surface area contributed by atoms with Crippen LogP contribution in [0.1, 0.15) is 6.42 Å². The Hall–Kier alpha value is -1.26. The number of hydrogen-bond donors (Lipinski definition) is 1. The molecule has 0 fully saturated rings. The fourth-order valence-corrected chi connectivity index (χ4v) is 0.943. The second-order valence-electron chi connectivity index (χ2n) is 2.77. The smallest absolute Gasteiger partial charge is 0.382 e. The lowest BCUT2D eigenvalue weighted by Gasteiger charge is -2.09. The molecule has 0 aliphatic rings. The van der Waals surface area contributed by atoms with Crippen molar-refractivity contribution >= 4 is 5.69 Å². The summed E-state index contributed by atoms with van der Waals surface area (Å²) in [6.45, 7) is -0.315. The third-order valence-electron chi connectivity index (χ3n) is 1.60. The van der Waals surface area contributed by atoms with Gasteiger partial charge in [0.25, 0.3) is 0 Å². The van der Waals surface area contributed by atoms with Crippen LogP contribution < -0.4 is 5.32 Å². The van der Waals surface area contributed by atoms with Gasteiger partial charge in [0.1, 0.15) is 5.82 Å². The largest absolute Gasteiger partial charge is 0.390 e. The molecule has 0 aliphatic heterocycles. The van der Waals surface area contributed by atoms with E-state index in [0.717, 1.165) is 0 Å². The number of alkyl halides is 3. The summed E-state index contributed by atoms with van der Waals surface area (Å²) < 4.78 is 48.0. The predicted molar refractivity (Wildman–Crippen MR) is 45.6 cm³/mol. The third-order valence-corrected chi connectivity index (χ3v) is 1.60. The summed E-state index contributed by atoms with van der Waals surface area (Å²) in [4.78, 5) is 0. The number of anilines is 1. The van der Waals surface area contributed by atoms with E-state index < -0.39 is 18.4 Å². The van der Waals surface area contributed by atoms with Crippen LogP contribution in [0.4, 0.5) is 23.2 Å². The minimum absolute atomic E-state index is 0.0942. The molecule has 1 rings (SSSR count). The molecular formula is C9H9F4N. The molecule has 5 heteroatoms. The lowest BCUT2D eigenvalue weighted by atomic mass is 10.3. The summed E-state index contributed by atoms with van der Waals surface area (Å²) in [6, 6.07) is 5.62. The minimum Gasteiger partial charge on any atom is -0.382 e. The second-order valence-corrected chi connectivity index (χ2v) is 2.77. The fourth-order valence-electron chi connectivity index (χ4n) is 0.943. The Kier molecular flexibility index (Phi) is 3.33. The Labute approximate surface area is 78.7 Å². The second kappa shape index (κ2) is 4.30. The van der Waals surface area contributed by atoms with Gasteiger partial charge in [-0.25, -0.2) is 4.39 Å². The van der Waals surface area contributed by atoms with Gasteiger partial charge in [0.2, 0.25) is 0 Å². The van der Waals surface area contributed by atoms with E-state index in [0.29, 0.717) is 0 Å². The summed E-state index contributed by atoms with van der Waals surface area (Å²) in [5, 5.41) is 2.37. The molecule has 78 valence electrons. The monoisotopic (exact) mass is 207 g/mol. The van der Waals surface area contributed by atoms with Crippen molar-refractivity contribution in [3.63, 3.8) is 0 Å². The summed E-state index contributed by atoms with van der Waals surface area (Å²) in [6.07, 6.45) is -5.18. The average Bonchev–Trinajstić information content (AvgIpc) is 2.06. The van der Waals surface area contributed by atoms with E-state index >= 15 is 0 Å². The van der Waals surface area contributed by atoms with E-state index in [9.17, 15) is 17.6 Å². The van der Waals surface area contributed by atoms with Crippen molar-refractivity contribution < 1.29 is 17.6 Å². The molecule has 0 aliphatic carbocycles. The van der Waals surface area contributed by atoms with Gasteiger partial charge in [-0.2, -0.15) is 13.2 Å². The van der Waals surface area contributed by atoms with Crippen LogP contribution in [-0.4, -0.2) is 12.7 Å². The molecule has 14 heavy (non-hydrogen) atoms. The maximum atomic E-state index is 12.9. The Morgan fingerprint density at radius 1 is 1.14 bits per heavy atom. The van der Waals surface area contributed by atoms with Gasteiger partial charge in [0.15, 0.2) is 0 Å². The first kappa shape index (κ1) is 10.8. The lowest BCUT2D eigenvalue weighted by molar-refractivity contribution is -0.131. The van der Waals surface area contributed by atoms with Crippen LogP contribution in [0.5, 0.6) is 0 Å². The molecule has 0 amide bonds. The maximum Gasteiger partial charge on any atom is 0.390 e. The molecule has 0 unspecified atom stereocenters. The van der Waals surface area contributed by atoms with E-state index in [4.69, 9.17) is 0 Å². The molecule has 1 aromatic rings. The first-order chi connectivity index (χ1) is 6.49. The van der Waals surface area contributed by atoms with Gasteiger partial charge in [-0.15, -0.1) is 0 Å². The van der Waals surface area contributed by atoms with Gasteiger partial charge in [-0.3, -0.25) is 0 Å². The van der Waals surface area contributed by atoms with Gasteiger partial charge >= 0.3 is 6.18 Å². The molecule has 1 N–H and O–H groups in total. The van der Waals surface area contributed by atoms with Gasteiger partial charge < -0.3 is 5.32 Å². The maximum absolute atomic E-state index is 12.9. The lowest BCUT2D eigenvalue weighted by Crippen LogP contribution is -2.15. The van der Waals surface area contributed by atoms with Crippen molar-refractivity contribution in [1.29, 1.82) is 0 Å². The van der Waals surface area contributed by atoms with Crippen LogP contribution in [0.25, 0.3) is 0 Å². The molecule has 0 atom stereocenters. The Morgan fingerprint density at radius 3 is 2.36 bits per heavy atom. The Morgan fingerprint density at radius 2 is 1.79 bits per heavy atom. The molecule has 0 aromatic heterocycles. The molecule has 1 aromatic carbocycles. The number of halogens is 4. The molecule has 1 nitrogen and oxygen atoms in total. The van der Waals surface area contributed by atoms with Crippen LogP contribution >= 0.6 is 0 Å². The molecule has 0 spiro atoms. The number of hydrogen-bond acceptors (Lipinski definition) is 1. The highest BCUT2D eigenvalue weighted by Gasteiger charge is 2.26. The summed E-state index contributed by atoms with van der Waals surface area (Å²) >= 11 is 0. The predicted octanol–water partition coefficient (Wildman–Crippen LogP) is 3.19. The SMILES string of the molecule is Fc1ccccc1NCCC(F)(F)F. The molecular weight excluding hydrogens is 198 g/mol. The Bertz CT molecular complexity index is 295. The van der Waals surface area contributed by atoms with Crippen molar-refractivity contribution in [3.8, 4) is 0 Å². The highest BCUT2D eigenvalue weighted by Crippen LogP contribution is 2.20. The zero-order chi connectivity index (χ0) is 10.6. The van der Waals surface area contributed by atoms with Crippen molar-refractivity contribution in [2.45, 2.75) is 12.6 Å². The van der Waals surface area contributed by atoms with Crippen molar-refractivity contribution in [2.75, 3.05) is 11.9 Å². The van der Waals surface area contributed by atoms with Gasteiger partial charge in [-0.05, 0) is 12.1 Å². The zero-order valence-corrected chi connectivity index (χ0v) is 7.24. The zero-order valence-electron chi connectivity index (χ0n) is 7.24. The van der Waals surface area contributed by atoms with E-state index in [2.05, 4.69) is 5.32 Å². The Balaban J connectivity index is 2.43. The van der Waals surface area contributed by atoms with Gasteiger partial charge in [0, 0.05) is 6.54 Å². The fraction of sp³-hybridized carbons (Fsp3) is 0.333. The number of para-hydroxylation sites is 1. The van der Waals surface area contributed by atoms with E-state index in [-0.39, 0.29) is 12.2 Å². The first-order valence-electron chi connectivity index (χ1n) is 4.04. The van der Waals surface area contributed by atoms with Crippen molar-refractivity contribution in [1.82, 2.24) is 0 Å². The topological polar surface area (TPSA) is 12.0 Å². The number of rotatable bonds is 3. The summed E-state index contributed by atoms with van der Waals surface area (Å²) in [7, 11) is 0. The summed E-state index contributed by atoms with van der Waals surface area (Å²) in [5.41, 5.74) is 0.0942. The molecule has 0 radical (unpaired) electrons. The minimum atomic E-state index is -4.21. The average molecular weight is 207 g/mol. The van der Waals surface area contributed by atoms with Crippen LogP contribution in [0, 0.1) is 5.82 Å². The molecule has 0 heterocycles. The highest BCUT2D eigenvalue weighted by molar-refractivity contribution is 5.44. The van der Waals surface area contributed by atoms with Crippen LogP contribution in [0.2, 0.25) is 0 Å². The molecule has 0 saturated carbocycles. The van der Waals surface area contributed by atoms with Crippen molar-refractivity contribution in [2.24, 2.45) is 0 Å². The van der Waals surface area contributed by atoms with Gasteiger partial charge in [-0.1, -0.05) is 12.1 Å². The standard InChI is InChI=1S/C9H9F4N/c10-7-3-1-2-4-8(7)14-6-5-9(11,12)13/h1-4,14H,5-6H2. The third kappa shape index (κ3) is 3.64. The quantitative estimate of drug-likeness (QED) is 0.750. The van der Waals surface area contributed by atoms with Crippen LogP contribution in [-0.2, 0) is 0 Å². The normalized spacial score (nSPS) is 11.4. The van der Waals surface area contributed by atoms with E-state index in [1.54, 1.807) is 6.07 Å². The number of nitrogens with one attached hydrogen (secondary N) is 1. The van der Waals surface area contributed by atoms with Gasteiger partial charge in [0.05, 0.1) is 12.1 Å². The highest BCUT2D eigenvalue weighted by atomic mass is 19.4. The van der Waals surface area contributed by atoms with Crippen LogP contribution in [0.15, 0.2) is 24.3 Å². The van der Waals surface area contributed by atoms with E-state index in [1.807, 2.05) is 0 Å². The summed E-state index contributed by atoms with van der Waals surface area (Å²) in [5.74, 6) is -0.547. The molecule has 0 bridgehead atoms. The number of benzene rings is 1. The first-order valence-corrected chi connectivity index (χ1v) is 4.04. The van der Waals surface area contributed by atoms with E-state index in [1.165, 1.54) is 18.2 Å². The van der Waals surface area contributed by atoms with Crippen LogP contribution in [0.3, 0.4) is 0 Å². The molecule has 0 saturated heterocycles. The van der Waals surface area contributed by atoms with Crippen molar-refractivity contribution in [3.05, 3.63) is 30.1 Å².